The number of pyridine rings is 1. The van der Waals surface area contributed by atoms with Crippen molar-refractivity contribution in [2.45, 2.75) is 13.3 Å². The topological polar surface area (TPSA) is 50.2 Å². The Morgan fingerprint density at radius 2 is 2.36 bits per heavy atom. The molecule has 1 aromatic rings. The zero-order valence-electron chi connectivity index (χ0n) is 7.70. The van der Waals surface area contributed by atoms with Gasteiger partial charge >= 0.3 is 5.97 Å². The number of aromatic nitrogens is 1. The average Bonchev–Trinajstić information content (AvgIpc) is 2.15. The van der Waals surface area contributed by atoms with Crippen LogP contribution in [0.15, 0.2) is 24.4 Å². The number of carboxylic acids is 1. The number of carbonyl (C=O) groups is 1. The van der Waals surface area contributed by atoms with Crippen LogP contribution in [0.2, 0.25) is 0 Å². The summed E-state index contributed by atoms with van der Waals surface area (Å²) in [6.07, 6.45) is 2.70. The van der Waals surface area contributed by atoms with Crippen LogP contribution in [0.4, 0.5) is 4.39 Å². The summed E-state index contributed by atoms with van der Waals surface area (Å²) in [5.41, 5.74) is 1.08. The van der Waals surface area contributed by atoms with Gasteiger partial charge in [-0.25, -0.2) is 9.18 Å². The minimum Gasteiger partial charge on any atom is -0.478 e. The Balaban J connectivity index is 3.01. The molecule has 0 aromatic carbocycles. The van der Waals surface area contributed by atoms with E-state index in [4.69, 9.17) is 5.11 Å². The summed E-state index contributed by atoms with van der Waals surface area (Å²) >= 11 is 0. The van der Waals surface area contributed by atoms with E-state index in [-0.39, 0.29) is 0 Å². The van der Waals surface area contributed by atoms with Gasteiger partial charge < -0.3 is 5.11 Å². The fraction of sp³-hybridized carbons (Fsp3) is 0.200. The average molecular weight is 195 g/mol. The molecule has 1 heterocycles. The molecule has 0 radical (unpaired) electrons. The molecule has 0 fully saturated rings. The quantitative estimate of drug-likeness (QED) is 0.751. The number of hydrogen-bond donors (Lipinski definition) is 1. The van der Waals surface area contributed by atoms with Gasteiger partial charge in [0.1, 0.15) is 5.82 Å². The molecule has 0 atom stereocenters. The van der Waals surface area contributed by atoms with Crippen molar-refractivity contribution in [2.75, 3.05) is 0 Å². The lowest BCUT2D eigenvalue weighted by Crippen LogP contribution is -1.94. The van der Waals surface area contributed by atoms with Crippen LogP contribution in [-0.4, -0.2) is 16.1 Å². The van der Waals surface area contributed by atoms with Crippen LogP contribution in [-0.2, 0) is 4.79 Å². The van der Waals surface area contributed by atoms with Gasteiger partial charge in [-0.1, -0.05) is 6.92 Å². The van der Waals surface area contributed by atoms with Crippen molar-refractivity contribution in [2.24, 2.45) is 0 Å². The molecule has 0 amide bonds. The molecule has 0 saturated heterocycles. The zero-order chi connectivity index (χ0) is 10.6. The summed E-state index contributed by atoms with van der Waals surface area (Å²) in [6.45, 7) is 1.82. The Kier molecular flexibility index (Phi) is 3.34. The summed E-state index contributed by atoms with van der Waals surface area (Å²) in [5.74, 6) is -1.45. The van der Waals surface area contributed by atoms with Gasteiger partial charge in [-0.15, -0.1) is 0 Å². The van der Waals surface area contributed by atoms with Gasteiger partial charge in [-0.05, 0) is 24.1 Å². The Morgan fingerprint density at radius 3 is 2.79 bits per heavy atom. The second-order valence-corrected chi connectivity index (χ2v) is 2.72. The molecule has 3 nitrogen and oxygen atoms in total. The highest BCUT2D eigenvalue weighted by atomic mass is 19.1. The maximum Gasteiger partial charge on any atom is 0.328 e. The molecule has 4 heteroatoms. The highest BCUT2D eigenvalue weighted by Gasteiger charge is 2.03. The third kappa shape index (κ3) is 2.65. The van der Waals surface area contributed by atoms with Gasteiger partial charge in [0, 0.05) is 6.08 Å². The minimum absolute atomic E-state index is 0.431. The van der Waals surface area contributed by atoms with Gasteiger partial charge in [0.2, 0.25) is 0 Å². The maximum absolute atomic E-state index is 12.5. The molecule has 0 aliphatic rings. The number of rotatable bonds is 3. The standard InChI is InChI=1S/C10H10FNO2/c1-2-7(5-10(13)14)9-4-3-8(11)6-12-9/h3-6H,2H2,1H3,(H,13,14)/b7-5-. The van der Waals surface area contributed by atoms with E-state index in [1.807, 2.05) is 6.92 Å². The minimum atomic E-state index is -1.02. The van der Waals surface area contributed by atoms with Gasteiger partial charge in [0.25, 0.3) is 0 Å². The van der Waals surface area contributed by atoms with Crippen LogP contribution < -0.4 is 0 Å². The van der Waals surface area contributed by atoms with Crippen LogP contribution in [0, 0.1) is 5.82 Å². The number of aliphatic carboxylic acids is 1. The highest BCUT2D eigenvalue weighted by Crippen LogP contribution is 2.15. The summed E-state index contributed by atoms with van der Waals surface area (Å²) in [6, 6.07) is 2.72. The van der Waals surface area contributed by atoms with Crippen molar-refractivity contribution >= 4 is 11.5 Å². The fourth-order valence-electron chi connectivity index (χ4n) is 1.07. The molecule has 0 saturated carbocycles. The smallest absolute Gasteiger partial charge is 0.328 e. The van der Waals surface area contributed by atoms with Gasteiger partial charge in [-0.2, -0.15) is 0 Å². The van der Waals surface area contributed by atoms with Crippen LogP contribution in [0.3, 0.4) is 0 Å². The summed E-state index contributed by atoms with van der Waals surface area (Å²) in [5, 5.41) is 8.55. The Hall–Kier alpha value is -1.71. The molecule has 1 aromatic heterocycles. The summed E-state index contributed by atoms with van der Waals surface area (Å²) in [4.78, 5) is 14.2. The first-order valence-electron chi connectivity index (χ1n) is 4.19. The molecular formula is C10H10FNO2. The maximum atomic E-state index is 12.5. The first kappa shape index (κ1) is 10.4. The van der Waals surface area contributed by atoms with E-state index < -0.39 is 11.8 Å². The van der Waals surface area contributed by atoms with Crippen molar-refractivity contribution in [3.63, 3.8) is 0 Å². The lowest BCUT2D eigenvalue weighted by atomic mass is 10.1. The van der Waals surface area contributed by atoms with Crippen LogP contribution >= 0.6 is 0 Å². The molecule has 14 heavy (non-hydrogen) atoms. The second-order valence-electron chi connectivity index (χ2n) is 2.72. The number of allylic oxidation sites excluding steroid dienone is 1. The molecule has 0 spiro atoms. The number of nitrogens with zero attached hydrogens (tertiary/aromatic N) is 1. The summed E-state index contributed by atoms with van der Waals surface area (Å²) < 4.78 is 12.5. The van der Waals surface area contributed by atoms with E-state index in [1.165, 1.54) is 12.1 Å². The lowest BCUT2D eigenvalue weighted by Gasteiger charge is -2.01. The first-order chi connectivity index (χ1) is 6.63. The molecule has 74 valence electrons. The van der Waals surface area contributed by atoms with Crippen molar-refractivity contribution in [3.05, 3.63) is 35.9 Å². The molecule has 0 bridgehead atoms. The van der Waals surface area contributed by atoms with Gasteiger partial charge in [-0.3, -0.25) is 4.98 Å². The van der Waals surface area contributed by atoms with Gasteiger partial charge in [0.15, 0.2) is 0 Å². The Bertz CT molecular complexity index is 357. The number of halogens is 1. The number of carboxylic acid groups (broad SMARTS) is 1. The Labute approximate surface area is 80.9 Å². The molecule has 1 N–H and O–H groups in total. The Morgan fingerprint density at radius 1 is 1.64 bits per heavy atom. The normalized spacial score (nSPS) is 11.4. The summed E-state index contributed by atoms with van der Waals surface area (Å²) in [7, 11) is 0. The van der Waals surface area contributed by atoms with E-state index in [9.17, 15) is 9.18 Å². The van der Waals surface area contributed by atoms with E-state index in [2.05, 4.69) is 4.98 Å². The van der Waals surface area contributed by atoms with Crippen LogP contribution in [0.5, 0.6) is 0 Å². The lowest BCUT2D eigenvalue weighted by molar-refractivity contribution is -0.131. The zero-order valence-corrected chi connectivity index (χ0v) is 7.70. The van der Waals surface area contributed by atoms with Crippen molar-refractivity contribution in [3.8, 4) is 0 Å². The van der Waals surface area contributed by atoms with E-state index in [0.29, 0.717) is 17.7 Å². The van der Waals surface area contributed by atoms with Crippen molar-refractivity contribution in [1.29, 1.82) is 0 Å². The van der Waals surface area contributed by atoms with Crippen molar-refractivity contribution < 1.29 is 14.3 Å². The van der Waals surface area contributed by atoms with Gasteiger partial charge in [0.05, 0.1) is 11.9 Å². The SMILES string of the molecule is CC/C(=C/C(=O)O)c1ccc(F)cn1. The number of hydrogen-bond acceptors (Lipinski definition) is 2. The van der Waals surface area contributed by atoms with Crippen LogP contribution in [0.1, 0.15) is 19.0 Å². The third-order valence-corrected chi connectivity index (χ3v) is 1.73. The molecule has 0 unspecified atom stereocenters. The predicted molar refractivity (Wildman–Crippen MR) is 50.1 cm³/mol. The first-order valence-corrected chi connectivity index (χ1v) is 4.19. The van der Waals surface area contributed by atoms with E-state index >= 15 is 0 Å². The molecule has 0 aliphatic carbocycles. The van der Waals surface area contributed by atoms with E-state index in [0.717, 1.165) is 12.3 Å². The van der Waals surface area contributed by atoms with E-state index in [1.54, 1.807) is 0 Å². The van der Waals surface area contributed by atoms with Crippen LogP contribution in [0.25, 0.3) is 5.57 Å². The molecular weight excluding hydrogens is 185 g/mol. The monoisotopic (exact) mass is 195 g/mol. The molecule has 0 aliphatic heterocycles. The highest BCUT2D eigenvalue weighted by molar-refractivity contribution is 5.89. The third-order valence-electron chi connectivity index (χ3n) is 1.73. The fourth-order valence-corrected chi connectivity index (χ4v) is 1.07. The van der Waals surface area contributed by atoms with Crippen molar-refractivity contribution in [1.82, 2.24) is 4.98 Å². The molecule has 1 rings (SSSR count). The second kappa shape index (κ2) is 4.50. The predicted octanol–water partition coefficient (Wildman–Crippen LogP) is 2.10. The largest absolute Gasteiger partial charge is 0.478 e.